The monoisotopic (exact) mass is 407 g/mol. The van der Waals surface area contributed by atoms with E-state index in [0.29, 0.717) is 29.6 Å². The van der Waals surface area contributed by atoms with Crippen LogP contribution in [-0.4, -0.2) is 31.7 Å². The Labute approximate surface area is 170 Å². The van der Waals surface area contributed by atoms with Gasteiger partial charge in [0.15, 0.2) is 0 Å². The van der Waals surface area contributed by atoms with Crippen molar-refractivity contribution in [2.24, 2.45) is 0 Å². The van der Waals surface area contributed by atoms with E-state index >= 15 is 0 Å². The fraction of sp³-hybridized carbons (Fsp3) is 0.250. The van der Waals surface area contributed by atoms with Gasteiger partial charge in [0.25, 0.3) is 0 Å². The summed E-state index contributed by atoms with van der Waals surface area (Å²) in [6.45, 7) is 0.569. The Morgan fingerprint density at radius 3 is 2.72 bits per heavy atom. The number of nitrogens with zero attached hydrogens (tertiary/aromatic N) is 5. The molecule has 4 heterocycles. The van der Waals surface area contributed by atoms with Gasteiger partial charge < -0.3 is 11.1 Å². The highest BCUT2D eigenvalue weighted by Gasteiger charge is 2.41. The molecule has 0 aliphatic heterocycles. The zero-order valence-corrected chi connectivity index (χ0v) is 16.3. The molecular formula is C20H18FN7S. The van der Waals surface area contributed by atoms with E-state index in [1.54, 1.807) is 18.3 Å². The number of halogens is 1. The maximum Gasteiger partial charge on any atom is 0.148 e. The van der Waals surface area contributed by atoms with Crippen molar-refractivity contribution in [2.45, 2.75) is 24.7 Å². The van der Waals surface area contributed by atoms with E-state index in [1.165, 1.54) is 17.4 Å². The first kappa shape index (κ1) is 17.9. The molecule has 0 atom stereocenters. The Hall–Kier alpha value is -3.20. The van der Waals surface area contributed by atoms with E-state index in [-0.39, 0.29) is 11.2 Å². The standard InChI is InChI=1S/C20H18FN7S/c21-12-3-1-10-23-17(12)20(8-2-9-20)11-24-16-7-5-14(27-28-16)19-25-13-4-6-15(22)26-18(13)29-19/h1,3-7,10H,2,8-9,11H2,(H2,22,26)(H,24,28). The van der Waals surface area contributed by atoms with Gasteiger partial charge in [-0.3, -0.25) is 4.98 Å². The Bertz CT molecular complexity index is 1170. The third-order valence-corrected chi connectivity index (χ3v) is 6.33. The molecular weight excluding hydrogens is 389 g/mol. The lowest BCUT2D eigenvalue weighted by Crippen LogP contribution is -2.42. The molecule has 4 aromatic heterocycles. The van der Waals surface area contributed by atoms with E-state index in [1.807, 2.05) is 18.2 Å². The Morgan fingerprint density at radius 2 is 2.00 bits per heavy atom. The topological polar surface area (TPSA) is 102 Å². The van der Waals surface area contributed by atoms with Crippen LogP contribution in [-0.2, 0) is 5.41 Å². The summed E-state index contributed by atoms with van der Waals surface area (Å²) in [5.41, 5.74) is 7.43. The summed E-state index contributed by atoms with van der Waals surface area (Å²) in [4.78, 5) is 13.9. The molecule has 0 amide bonds. The van der Waals surface area contributed by atoms with Gasteiger partial charge in [0.1, 0.15) is 38.5 Å². The molecule has 7 nitrogen and oxygen atoms in total. The smallest absolute Gasteiger partial charge is 0.148 e. The van der Waals surface area contributed by atoms with Gasteiger partial charge in [0.05, 0.1) is 5.69 Å². The molecule has 0 spiro atoms. The summed E-state index contributed by atoms with van der Waals surface area (Å²) < 4.78 is 14.2. The highest BCUT2D eigenvalue weighted by Crippen LogP contribution is 2.43. The van der Waals surface area contributed by atoms with Crippen molar-refractivity contribution in [1.29, 1.82) is 0 Å². The number of thiazole rings is 1. The van der Waals surface area contributed by atoms with Crippen LogP contribution in [0.15, 0.2) is 42.6 Å². The minimum absolute atomic E-state index is 0.250. The van der Waals surface area contributed by atoms with E-state index in [2.05, 4.69) is 30.5 Å². The average molecular weight is 407 g/mol. The van der Waals surface area contributed by atoms with Crippen molar-refractivity contribution in [3.63, 3.8) is 0 Å². The average Bonchev–Trinajstić information content (AvgIpc) is 3.12. The SMILES string of the molecule is Nc1ccc2nc(-c3ccc(NCC4(c5ncccc5F)CCC4)nn3)sc2n1. The maximum atomic E-state index is 14.2. The summed E-state index contributed by atoms with van der Waals surface area (Å²) in [5, 5.41) is 12.6. The maximum absolute atomic E-state index is 14.2. The second kappa shape index (κ2) is 7.00. The normalized spacial score (nSPS) is 15.2. The van der Waals surface area contributed by atoms with Crippen LogP contribution in [0, 0.1) is 5.82 Å². The summed E-state index contributed by atoms with van der Waals surface area (Å²) in [5.74, 6) is 0.855. The number of aromatic nitrogens is 5. The molecule has 0 bridgehead atoms. The number of fused-ring (bicyclic) bond motifs is 1. The van der Waals surface area contributed by atoms with E-state index in [4.69, 9.17) is 5.73 Å². The van der Waals surface area contributed by atoms with Crippen LogP contribution in [0.3, 0.4) is 0 Å². The number of pyridine rings is 2. The first-order valence-corrected chi connectivity index (χ1v) is 10.2. The molecule has 1 fully saturated rings. The molecule has 5 rings (SSSR count). The second-order valence-electron chi connectivity index (χ2n) is 7.20. The molecule has 1 saturated carbocycles. The van der Waals surface area contributed by atoms with Gasteiger partial charge in [-0.15, -0.1) is 10.2 Å². The van der Waals surface area contributed by atoms with Gasteiger partial charge >= 0.3 is 0 Å². The minimum Gasteiger partial charge on any atom is -0.384 e. The third kappa shape index (κ3) is 3.27. The lowest BCUT2D eigenvalue weighted by atomic mass is 9.66. The minimum atomic E-state index is -0.287. The molecule has 9 heteroatoms. The number of anilines is 2. The summed E-state index contributed by atoms with van der Waals surface area (Å²) in [7, 11) is 0. The molecule has 4 aromatic rings. The van der Waals surface area contributed by atoms with Crippen LogP contribution in [0.2, 0.25) is 0 Å². The van der Waals surface area contributed by atoms with E-state index in [9.17, 15) is 4.39 Å². The molecule has 1 aliphatic carbocycles. The van der Waals surface area contributed by atoms with Crippen LogP contribution < -0.4 is 11.1 Å². The van der Waals surface area contributed by atoms with Gasteiger partial charge in [-0.1, -0.05) is 17.8 Å². The molecule has 0 saturated heterocycles. The van der Waals surface area contributed by atoms with Crippen molar-refractivity contribution >= 4 is 33.3 Å². The third-order valence-electron chi connectivity index (χ3n) is 5.34. The number of nitrogens with one attached hydrogen (secondary N) is 1. The van der Waals surface area contributed by atoms with Crippen LogP contribution >= 0.6 is 11.3 Å². The molecule has 146 valence electrons. The number of nitrogens with two attached hydrogens (primary N) is 1. The van der Waals surface area contributed by atoms with Crippen LogP contribution in [0.4, 0.5) is 16.0 Å². The molecule has 0 radical (unpaired) electrons. The number of rotatable bonds is 5. The predicted octanol–water partition coefficient (Wildman–Crippen LogP) is 3.80. The van der Waals surface area contributed by atoms with Crippen molar-refractivity contribution in [2.75, 3.05) is 17.6 Å². The van der Waals surface area contributed by atoms with Crippen LogP contribution in [0.5, 0.6) is 0 Å². The quantitative estimate of drug-likeness (QED) is 0.519. The first-order chi connectivity index (χ1) is 14.1. The van der Waals surface area contributed by atoms with Crippen molar-refractivity contribution in [3.8, 4) is 10.7 Å². The Morgan fingerprint density at radius 1 is 1.10 bits per heavy atom. The Kier molecular flexibility index (Phi) is 4.31. The van der Waals surface area contributed by atoms with Gasteiger partial charge in [0.2, 0.25) is 0 Å². The summed E-state index contributed by atoms with van der Waals surface area (Å²) in [6, 6.07) is 10.4. The molecule has 0 aromatic carbocycles. The summed E-state index contributed by atoms with van der Waals surface area (Å²) in [6.07, 6.45) is 4.52. The fourth-order valence-electron chi connectivity index (χ4n) is 3.62. The van der Waals surface area contributed by atoms with Gasteiger partial charge in [-0.25, -0.2) is 14.4 Å². The van der Waals surface area contributed by atoms with Crippen molar-refractivity contribution < 1.29 is 4.39 Å². The second-order valence-corrected chi connectivity index (χ2v) is 8.18. The van der Waals surface area contributed by atoms with Gasteiger partial charge in [-0.05, 0) is 49.2 Å². The number of hydrogen-bond acceptors (Lipinski definition) is 8. The van der Waals surface area contributed by atoms with E-state index < -0.39 is 0 Å². The lowest BCUT2D eigenvalue weighted by molar-refractivity contribution is 0.243. The zero-order valence-electron chi connectivity index (χ0n) is 15.5. The van der Waals surface area contributed by atoms with Crippen molar-refractivity contribution in [3.05, 3.63) is 54.1 Å². The van der Waals surface area contributed by atoms with Gasteiger partial charge in [0, 0.05) is 18.2 Å². The van der Waals surface area contributed by atoms with Crippen LogP contribution in [0.25, 0.3) is 21.0 Å². The first-order valence-electron chi connectivity index (χ1n) is 9.35. The van der Waals surface area contributed by atoms with Gasteiger partial charge in [-0.2, -0.15) is 0 Å². The fourth-order valence-corrected chi connectivity index (χ4v) is 4.53. The Balaban J connectivity index is 1.33. The lowest BCUT2D eigenvalue weighted by Gasteiger charge is -2.41. The number of nitrogen functional groups attached to an aromatic ring is 1. The van der Waals surface area contributed by atoms with E-state index in [0.717, 1.165) is 34.6 Å². The van der Waals surface area contributed by atoms with Crippen LogP contribution in [0.1, 0.15) is 25.0 Å². The summed E-state index contributed by atoms with van der Waals surface area (Å²) >= 11 is 1.42. The zero-order chi connectivity index (χ0) is 19.8. The molecule has 1 aliphatic rings. The highest BCUT2D eigenvalue weighted by molar-refractivity contribution is 7.21. The van der Waals surface area contributed by atoms with Crippen molar-refractivity contribution in [1.82, 2.24) is 25.1 Å². The molecule has 29 heavy (non-hydrogen) atoms. The largest absolute Gasteiger partial charge is 0.384 e. The molecule has 3 N–H and O–H groups in total. The number of hydrogen-bond donors (Lipinski definition) is 2. The highest BCUT2D eigenvalue weighted by atomic mass is 32.1. The molecule has 0 unspecified atom stereocenters. The predicted molar refractivity (Wildman–Crippen MR) is 111 cm³/mol.